The molecule has 132 valence electrons. The van der Waals surface area contributed by atoms with Crippen molar-refractivity contribution in [2.45, 2.75) is 45.4 Å². The Kier molecular flexibility index (Phi) is 5.92. The summed E-state index contributed by atoms with van der Waals surface area (Å²) in [5, 5.41) is 1.34. The van der Waals surface area contributed by atoms with Crippen LogP contribution in [0.25, 0.3) is 22.2 Å². The van der Waals surface area contributed by atoms with Crippen LogP contribution in [0.5, 0.6) is 0 Å². The average molecular weight is 400 g/mol. The van der Waals surface area contributed by atoms with E-state index in [1.807, 2.05) is 12.4 Å². The minimum Gasteiger partial charge on any atom is -0.354 e. The van der Waals surface area contributed by atoms with Crippen molar-refractivity contribution in [2.75, 3.05) is 6.54 Å². The first-order valence-electron chi connectivity index (χ1n) is 9.09. The van der Waals surface area contributed by atoms with Crippen LogP contribution in [-0.4, -0.2) is 16.5 Å². The maximum atomic E-state index is 5.71. The molecule has 0 aliphatic heterocycles. The zero-order chi connectivity index (χ0) is 17.8. The number of pyridine rings is 1. The molecule has 25 heavy (non-hydrogen) atoms. The second-order valence-electron chi connectivity index (χ2n) is 6.73. The summed E-state index contributed by atoms with van der Waals surface area (Å²) in [6.45, 7) is 5.28. The number of fused-ring (bicyclic) bond motifs is 1. The van der Waals surface area contributed by atoms with Crippen LogP contribution in [0.4, 0.5) is 0 Å². The molecule has 0 bridgehead atoms. The van der Waals surface area contributed by atoms with Gasteiger partial charge in [0.2, 0.25) is 0 Å². The van der Waals surface area contributed by atoms with Gasteiger partial charge >= 0.3 is 0 Å². The normalized spacial score (nSPS) is 12.6. The summed E-state index contributed by atoms with van der Waals surface area (Å²) in [5.41, 5.74) is 12.0. The Labute approximate surface area is 158 Å². The maximum Gasteiger partial charge on any atom is 0.0513 e. The van der Waals surface area contributed by atoms with Gasteiger partial charge in [0, 0.05) is 33.3 Å². The molecule has 0 radical (unpaired) electrons. The monoisotopic (exact) mass is 399 g/mol. The molecule has 1 atom stereocenters. The molecular formula is C21H26BrN3. The molecule has 0 spiro atoms. The third kappa shape index (κ3) is 3.96. The number of aromatic amines is 1. The van der Waals surface area contributed by atoms with Crippen LogP contribution < -0.4 is 5.73 Å². The zero-order valence-electron chi connectivity index (χ0n) is 15.0. The first-order chi connectivity index (χ1) is 12.1. The van der Waals surface area contributed by atoms with Crippen molar-refractivity contribution in [3.8, 4) is 11.3 Å². The number of rotatable bonds is 7. The third-order valence-corrected chi connectivity index (χ3v) is 5.42. The van der Waals surface area contributed by atoms with E-state index in [1.54, 1.807) is 0 Å². The van der Waals surface area contributed by atoms with Crippen molar-refractivity contribution < 1.29 is 0 Å². The van der Waals surface area contributed by atoms with E-state index in [0.29, 0.717) is 5.92 Å². The number of halogens is 1. The van der Waals surface area contributed by atoms with Gasteiger partial charge in [0.25, 0.3) is 0 Å². The summed E-state index contributed by atoms with van der Waals surface area (Å²) in [7, 11) is 0. The van der Waals surface area contributed by atoms with Gasteiger partial charge in [0.05, 0.1) is 5.69 Å². The topological polar surface area (TPSA) is 54.7 Å². The lowest BCUT2D eigenvalue weighted by Crippen LogP contribution is -1.99. The Bertz CT molecular complexity index is 853. The number of nitrogens with zero attached hydrogens (tertiary/aromatic N) is 1. The van der Waals surface area contributed by atoms with E-state index in [1.165, 1.54) is 27.7 Å². The van der Waals surface area contributed by atoms with Gasteiger partial charge in [-0.05, 0) is 83.4 Å². The van der Waals surface area contributed by atoms with Gasteiger partial charge in [-0.1, -0.05) is 19.9 Å². The molecule has 4 heteroatoms. The van der Waals surface area contributed by atoms with Crippen molar-refractivity contribution in [3.63, 3.8) is 0 Å². The fraction of sp³-hybridized carbons (Fsp3) is 0.381. The van der Waals surface area contributed by atoms with Crippen molar-refractivity contribution in [2.24, 2.45) is 5.73 Å². The SMILES string of the molecule is CCC(C)c1ccc2[nH]c(-c3cncc(Br)c3)c(CCCCN)c2c1. The van der Waals surface area contributed by atoms with Crippen molar-refractivity contribution in [1.29, 1.82) is 0 Å². The zero-order valence-corrected chi connectivity index (χ0v) is 16.6. The van der Waals surface area contributed by atoms with Gasteiger partial charge in [-0.2, -0.15) is 0 Å². The van der Waals surface area contributed by atoms with Gasteiger partial charge in [0.15, 0.2) is 0 Å². The quantitative estimate of drug-likeness (QED) is 0.494. The van der Waals surface area contributed by atoms with Gasteiger partial charge in [0.1, 0.15) is 0 Å². The van der Waals surface area contributed by atoms with Gasteiger partial charge in [-0.3, -0.25) is 4.98 Å². The first kappa shape index (κ1) is 18.2. The van der Waals surface area contributed by atoms with E-state index in [2.05, 4.69) is 64.0 Å². The third-order valence-electron chi connectivity index (χ3n) is 4.99. The lowest BCUT2D eigenvalue weighted by molar-refractivity contribution is 0.734. The van der Waals surface area contributed by atoms with E-state index in [4.69, 9.17) is 5.73 Å². The van der Waals surface area contributed by atoms with E-state index < -0.39 is 0 Å². The molecule has 0 fully saturated rings. The van der Waals surface area contributed by atoms with Crippen molar-refractivity contribution in [1.82, 2.24) is 9.97 Å². The van der Waals surface area contributed by atoms with Crippen LogP contribution in [0.2, 0.25) is 0 Å². The molecule has 1 unspecified atom stereocenters. The Morgan fingerprint density at radius 1 is 1.20 bits per heavy atom. The molecule has 3 nitrogen and oxygen atoms in total. The molecule has 2 heterocycles. The van der Waals surface area contributed by atoms with Gasteiger partial charge < -0.3 is 10.7 Å². The second kappa shape index (κ2) is 8.15. The first-order valence-corrected chi connectivity index (χ1v) is 9.88. The summed E-state index contributed by atoms with van der Waals surface area (Å²) in [4.78, 5) is 7.97. The summed E-state index contributed by atoms with van der Waals surface area (Å²) in [6.07, 6.45) is 8.09. The number of nitrogens with one attached hydrogen (secondary N) is 1. The fourth-order valence-electron chi connectivity index (χ4n) is 3.31. The molecule has 1 aromatic carbocycles. The summed E-state index contributed by atoms with van der Waals surface area (Å²) >= 11 is 3.54. The van der Waals surface area contributed by atoms with E-state index >= 15 is 0 Å². The Balaban J connectivity index is 2.12. The number of aromatic nitrogens is 2. The van der Waals surface area contributed by atoms with Gasteiger partial charge in [-0.15, -0.1) is 0 Å². The summed E-state index contributed by atoms with van der Waals surface area (Å²) in [5.74, 6) is 0.576. The number of hydrogen-bond donors (Lipinski definition) is 2. The summed E-state index contributed by atoms with van der Waals surface area (Å²) < 4.78 is 0.997. The predicted molar refractivity (Wildman–Crippen MR) is 110 cm³/mol. The molecule has 0 aliphatic carbocycles. The average Bonchev–Trinajstić information content (AvgIpc) is 2.99. The second-order valence-corrected chi connectivity index (χ2v) is 7.65. The molecule has 3 aromatic rings. The van der Waals surface area contributed by atoms with Crippen LogP contribution in [0.15, 0.2) is 41.1 Å². The summed E-state index contributed by atoms with van der Waals surface area (Å²) in [6, 6.07) is 8.96. The molecule has 0 aliphatic rings. The lowest BCUT2D eigenvalue weighted by atomic mass is 9.95. The van der Waals surface area contributed by atoms with E-state index in [-0.39, 0.29) is 0 Å². The van der Waals surface area contributed by atoms with Crippen LogP contribution in [0.1, 0.15) is 50.2 Å². The van der Waals surface area contributed by atoms with Crippen LogP contribution in [0, 0.1) is 0 Å². The molecule has 3 N–H and O–H groups in total. The Morgan fingerprint density at radius 2 is 2.04 bits per heavy atom. The van der Waals surface area contributed by atoms with Gasteiger partial charge in [-0.25, -0.2) is 0 Å². The molecule has 0 amide bonds. The molecule has 3 rings (SSSR count). The van der Waals surface area contributed by atoms with Crippen LogP contribution in [-0.2, 0) is 6.42 Å². The minimum absolute atomic E-state index is 0.576. The smallest absolute Gasteiger partial charge is 0.0513 e. The molecule has 0 saturated heterocycles. The Hall–Kier alpha value is -1.65. The van der Waals surface area contributed by atoms with Crippen molar-refractivity contribution in [3.05, 3.63) is 52.3 Å². The highest BCUT2D eigenvalue weighted by Gasteiger charge is 2.15. The highest BCUT2D eigenvalue weighted by Crippen LogP contribution is 2.34. The minimum atomic E-state index is 0.576. The number of aryl methyl sites for hydroxylation is 1. The lowest BCUT2D eigenvalue weighted by Gasteiger charge is -2.10. The standard InChI is InChI=1S/C21H26BrN3/c1-3-14(2)15-7-8-20-19(11-15)18(6-4-5-9-23)21(25-20)16-10-17(22)13-24-12-16/h7-8,10-14,25H,3-6,9,23H2,1-2H3. The molecule has 2 aromatic heterocycles. The van der Waals surface area contributed by atoms with E-state index in [0.717, 1.165) is 42.3 Å². The predicted octanol–water partition coefficient (Wildman–Crippen LogP) is 5.79. The van der Waals surface area contributed by atoms with E-state index in [9.17, 15) is 0 Å². The highest BCUT2D eigenvalue weighted by molar-refractivity contribution is 9.10. The molecule has 0 saturated carbocycles. The number of nitrogens with two attached hydrogens (primary N) is 1. The van der Waals surface area contributed by atoms with Crippen LogP contribution >= 0.6 is 15.9 Å². The highest BCUT2D eigenvalue weighted by atomic mass is 79.9. The number of unbranched alkanes of at least 4 members (excludes halogenated alkanes) is 1. The Morgan fingerprint density at radius 3 is 2.76 bits per heavy atom. The van der Waals surface area contributed by atoms with Crippen LogP contribution in [0.3, 0.4) is 0 Å². The maximum absolute atomic E-state index is 5.71. The number of benzene rings is 1. The number of hydrogen-bond acceptors (Lipinski definition) is 2. The number of H-pyrrole nitrogens is 1. The molecular weight excluding hydrogens is 374 g/mol. The largest absolute Gasteiger partial charge is 0.354 e. The fourth-order valence-corrected chi connectivity index (χ4v) is 3.67. The van der Waals surface area contributed by atoms with Crippen molar-refractivity contribution >= 4 is 26.8 Å².